The third kappa shape index (κ3) is 3.07. The first kappa shape index (κ1) is 18.4. The Labute approximate surface area is 161 Å². The van der Waals surface area contributed by atoms with Gasteiger partial charge in [-0.05, 0) is 30.2 Å². The molecular formula is C21H18BrNO3. The lowest BCUT2D eigenvalue weighted by Gasteiger charge is -2.22. The number of halogens is 1. The molecule has 1 aliphatic heterocycles. The molecule has 0 aliphatic carbocycles. The molecule has 0 fully saturated rings. The molecule has 1 amide bonds. The van der Waals surface area contributed by atoms with E-state index in [0.29, 0.717) is 21.3 Å². The summed E-state index contributed by atoms with van der Waals surface area (Å²) in [4.78, 5) is 26.9. The lowest BCUT2D eigenvalue weighted by molar-refractivity contribution is -0.135. The first-order chi connectivity index (χ1) is 12.4. The molecule has 0 bridgehead atoms. The van der Waals surface area contributed by atoms with Crippen molar-refractivity contribution in [1.29, 1.82) is 0 Å². The van der Waals surface area contributed by atoms with Gasteiger partial charge in [-0.25, -0.2) is 0 Å². The van der Waals surface area contributed by atoms with E-state index in [-0.39, 0.29) is 18.7 Å². The van der Waals surface area contributed by atoms with Gasteiger partial charge in [0.15, 0.2) is 11.4 Å². The van der Waals surface area contributed by atoms with Crippen molar-refractivity contribution in [3.05, 3.63) is 63.6 Å². The molecule has 2 aromatic rings. The zero-order chi connectivity index (χ0) is 18.9. The van der Waals surface area contributed by atoms with E-state index in [1.807, 2.05) is 19.1 Å². The Kier molecular flexibility index (Phi) is 4.99. The van der Waals surface area contributed by atoms with Gasteiger partial charge < -0.3 is 5.11 Å². The summed E-state index contributed by atoms with van der Waals surface area (Å²) < 4.78 is 0.713. The average molecular weight is 412 g/mol. The number of terminal acetylenes is 1. The minimum Gasteiger partial charge on any atom is -0.375 e. The van der Waals surface area contributed by atoms with E-state index in [9.17, 15) is 14.7 Å². The summed E-state index contributed by atoms with van der Waals surface area (Å²) in [6, 6.07) is 12.4. The second kappa shape index (κ2) is 7.06. The highest BCUT2D eigenvalue weighted by atomic mass is 79.9. The Bertz CT molecular complexity index is 914. The van der Waals surface area contributed by atoms with Crippen LogP contribution in [0.4, 0.5) is 5.69 Å². The van der Waals surface area contributed by atoms with Crippen LogP contribution in [0.15, 0.2) is 46.9 Å². The number of ketones is 1. The smallest absolute Gasteiger partial charge is 0.265 e. The number of anilines is 1. The third-order valence-electron chi connectivity index (χ3n) is 4.64. The molecule has 3 rings (SSSR count). The summed E-state index contributed by atoms with van der Waals surface area (Å²) in [5.74, 6) is 1.57. The Morgan fingerprint density at radius 1 is 1.27 bits per heavy atom. The van der Waals surface area contributed by atoms with E-state index >= 15 is 0 Å². The summed E-state index contributed by atoms with van der Waals surface area (Å²) in [6.45, 7) is 2.07. The van der Waals surface area contributed by atoms with Crippen molar-refractivity contribution in [2.24, 2.45) is 0 Å². The molecule has 1 heterocycles. The summed E-state index contributed by atoms with van der Waals surface area (Å²) in [7, 11) is 0. The van der Waals surface area contributed by atoms with Crippen LogP contribution in [0, 0.1) is 12.3 Å². The summed E-state index contributed by atoms with van der Waals surface area (Å²) >= 11 is 3.36. The monoisotopic (exact) mass is 411 g/mol. The van der Waals surface area contributed by atoms with Gasteiger partial charge in [0.1, 0.15) is 0 Å². The van der Waals surface area contributed by atoms with Crippen LogP contribution in [0.25, 0.3) is 0 Å². The molecule has 0 aromatic heterocycles. The predicted octanol–water partition coefficient (Wildman–Crippen LogP) is 3.45. The minimum absolute atomic E-state index is 0.0369. The highest BCUT2D eigenvalue weighted by Crippen LogP contribution is 2.44. The van der Waals surface area contributed by atoms with E-state index < -0.39 is 11.5 Å². The van der Waals surface area contributed by atoms with Gasteiger partial charge in [-0.2, -0.15) is 0 Å². The van der Waals surface area contributed by atoms with Crippen LogP contribution in [-0.2, 0) is 16.8 Å². The van der Waals surface area contributed by atoms with Crippen LogP contribution in [0.2, 0.25) is 0 Å². The number of hydrogen-bond acceptors (Lipinski definition) is 3. The number of amides is 1. The van der Waals surface area contributed by atoms with Crippen molar-refractivity contribution in [2.45, 2.75) is 25.4 Å². The van der Waals surface area contributed by atoms with E-state index in [1.165, 1.54) is 4.90 Å². The van der Waals surface area contributed by atoms with Gasteiger partial charge in [0.2, 0.25) is 0 Å². The highest BCUT2D eigenvalue weighted by molar-refractivity contribution is 9.10. The normalized spacial score (nSPS) is 18.5. The lowest BCUT2D eigenvalue weighted by atomic mass is 9.88. The first-order valence-corrected chi connectivity index (χ1v) is 9.10. The summed E-state index contributed by atoms with van der Waals surface area (Å²) in [6.07, 6.45) is 5.91. The Balaban J connectivity index is 1.97. The molecule has 26 heavy (non-hydrogen) atoms. The SMILES string of the molecule is C#CCN1C(=O)[C@@](O)(CC(=O)c2ccc(CC)cc2)c2cc(Br)ccc21. The maximum Gasteiger partial charge on any atom is 0.265 e. The second-order valence-electron chi connectivity index (χ2n) is 6.27. The number of benzene rings is 2. The Hall–Kier alpha value is -2.42. The third-order valence-corrected chi connectivity index (χ3v) is 5.14. The number of fused-ring (bicyclic) bond motifs is 1. The second-order valence-corrected chi connectivity index (χ2v) is 7.18. The topological polar surface area (TPSA) is 57.6 Å². The van der Waals surface area contributed by atoms with Gasteiger partial charge in [0.05, 0.1) is 18.7 Å². The van der Waals surface area contributed by atoms with E-state index in [2.05, 4.69) is 21.9 Å². The molecule has 0 saturated heterocycles. The van der Waals surface area contributed by atoms with Crippen LogP contribution in [-0.4, -0.2) is 23.3 Å². The van der Waals surface area contributed by atoms with Gasteiger partial charge >= 0.3 is 0 Å². The molecule has 1 aliphatic rings. The largest absolute Gasteiger partial charge is 0.375 e. The van der Waals surface area contributed by atoms with Crippen LogP contribution in [0.3, 0.4) is 0 Å². The molecule has 1 atom stereocenters. The van der Waals surface area contributed by atoms with Gasteiger partial charge in [0.25, 0.3) is 5.91 Å². The van der Waals surface area contributed by atoms with Crippen LogP contribution >= 0.6 is 15.9 Å². The van der Waals surface area contributed by atoms with Crippen molar-refractivity contribution in [3.8, 4) is 12.3 Å². The van der Waals surface area contributed by atoms with Crippen molar-refractivity contribution >= 4 is 33.3 Å². The number of nitrogens with zero attached hydrogens (tertiary/aromatic N) is 1. The van der Waals surface area contributed by atoms with Crippen LogP contribution < -0.4 is 4.90 Å². The number of aliphatic hydroxyl groups is 1. The lowest BCUT2D eigenvalue weighted by Crippen LogP contribution is -2.42. The highest BCUT2D eigenvalue weighted by Gasteiger charge is 2.50. The number of hydrogen-bond donors (Lipinski definition) is 1. The fraction of sp³-hybridized carbons (Fsp3) is 0.238. The van der Waals surface area contributed by atoms with Gasteiger partial charge in [-0.15, -0.1) is 6.42 Å². The molecule has 5 heteroatoms. The Morgan fingerprint density at radius 2 is 1.96 bits per heavy atom. The van der Waals surface area contributed by atoms with Gasteiger partial charge in [0, 0.05) is 15.6 Å². The van der Waals surface area contributed by atoms with Crippen molar-refractivity contribution < 1.29 is 14.7 Å². The standard InChI is InChI=1S/C21H18BrNO3/c1-3-11-23-18-10-9-16(22)12-17(18)21(26,20(23)25)13-19(24)15-7-5-14(4-2)6-8-15/h1,5-10,12,26H,4,11,13H2,2H3/t21-/m1/s1. The zero-order valence-corrected chi connectivity index (χ0v) is 15.9. The van der Waals surface area contributed by atoms with Crippen LogP contribution in [0.1, 0.15) is 34.8 Å². The number of Topliss-reactive ketones (excluding diaryl/α,β-unsaturated/α-hetero) is 1. The molecule has 2 aromatic carbocycles. The molecule has 4 nitrogen and oxygen atoms in total. The number of carbonyl (C=O) groups is 2. The fourth-order valence-electron chi connectivity index (χ4n) is 3.20. The molecular weight excluding hydrogens is 394 g/mol. The molecule has 0 spiro atoms. The van der Waals surface area contributed by atoms with Gasteiger partial charge in [-0.3, -0.25) is 14.5 Å². The number of aryl methyl sites for hydroxylation is 1. The van der Waals surface area contributed by atoms with Crippen molar-refractivity contribution in [3.63, 3.8) is 0 Å². The van der Waals surface area contributed by atoms with Crippen LogP contribution in [0.5, 0.6) is 0 Å². The summed E-state index contributed by atoms with van der Waals surface area (Å²) in [5.41, 5.74) is 0.594. The van der Waals surface area contributed by atoms with Crippen molar-refractivity contribution in [1.82, 2.24) is 0 Å². The maximum atomic E-state index is 12.9. The number of rotatable bonds is 5. The number of carbonyl (C=O) groups excluding carboxylic acids is 2. The summed E-state index contributed by atoms with van der Waals surface area (Å²) in [5, 5.41) is 11.2. The predicted molar refractivity (Wildman–Crippen MR) is 104 cm³/mol. The maximum absolute atomic E-state index is 12.9. The first-order valence-electron chi connectivity index (χ1n) is 8.30. The van der Waals surface area contributed by atoms with Gasteiger partial charge in [-0.1, -0.05) is 53.0 Å². The molecule has 1 N–H and O–H groups in total. The van der Waals surface area contributed by atoms with E-state index in [0.717, 1.165) is 12.0 Å². The zero-order valence-electron chi connectivity index (χ0n) is 14.3. The molecule has 0 radical (unpaired) electrons. The molecule has 0 saturated carbocycles. The minimum atomic E-state index is -1.92. The van der Waals surface area contributed by atoms with E-state index in [1.54, 1.807) is 30.3 Å². The Morgan fingerprint density at radius 3 is 2.58 bits per heavy atom. The molecule has 0 unspecified atom stereocenters. The van der Waals surface area contributed by atoms with Crippen molar-refractivity contribution in [2.75, 3.05) is 11.4 Å². The fourth-order valence-corrected chi connectivity index (χ4v) is 3.56. The van der Waals surface area contributed by atoms with E-state index in [4.69, 9.17) is 6.42 Å². The molecule has 132 valence electrons. The average Bonchev–Trinajstić information content (AvgIpc) is 2.84. The quantitative estimate of drug-likeness (QED) is 0.605.